The summed E-state index contributed by atoms with van der Waals surface area (Å²) < 4.78 is 30.4. The third-order valence-corrected chi connectivity index (χ3v) is 5.41. The number of benzene rings is 2. The number of hydrogen-bond acceptors (Lipinski definition) is 3. The van der Waals surface area contributed by atoms with Crippen LogP contribution in [-0.2, 0) is 13.1 Å². The van der Waals surface area contributed by atoms with E-state index in [0.717, 1.165) is 5.56 Å². The first-order valence-corrected chi connectivity index (χ1v) is 10.5. The summed E-state index contributed by atoms with van der Waals surface area (Å²) in [7, 11) is 0. The maximum atomic E-state index is 14.0. The molecule has 0 atom stereocenters. The standard InChI is InChI=1S/C21H16Cl2F2N6S/c22-17-2-1-3-19(25)16(17)12-30-7-6-20(29-30)28-21(32)27-15-9-26-31(11-15)10-13-4-5-14(24)8-18(13)23/h1-9,11H,10,12H2,(H2,27,28,29,32). The lowest BCUT2D eigenvalue weighted by atomic mass is 10.2. The maximum Gasteiger partial charge on any atom is 0.176 e. The van der Waals surface area contributed by atoms with Crippen LogP contribution in [0.1, 0.15) is 11.1 Å². The Morgan fingerprint density at radius 1 is 1.00 bits per heavy atom. The maximum absolute atomic E-state index is 14.0. The highest BCUT2D eigenvalue weighted by Gasteiger charge is 2.10. The number of nitrogens with zero attached hydrogens (tertiary/aromatic N) is 4. The topological polar surface area (TPSA) is 59.7 Å². The molecule has 0 saturated heterocycles. The molecule has 0 saturated carbocycles. The van der Waals surface area contributed by atoms with Gasteiger partial charge in [-0.15, -0.1) is 0 Å². The molecule has 4 aromatic rings. The van der Waals surface area contributed by atoms with Crippen molar-refractivity contribution in [1.82, 2.24) is 19.6 Å². The van der Waals surface area contributed by atoms with Crippen LogP contribution < -0.4 is 10.6 Å². The normalized spacial score (nSPS) is 10.9. The van der Waals surface area contributed by atoms with Gasteiger partial charge in [0.25, 0.3) is 0 Å². The van der Waals surface area contributed by atoms with Gasteiger partial charge in [-0.1, -0.05) is 35.3 Å². The van der Waals surface area contributed by atoms with Crippen molar-refractivity contribution in [3.8, 4) is 0 Å². The van der Waals surface area contributed by atoms with Gasteiger partial charge in [-0.3, -0.25) is 9.36 Å². The van der Waals surface area contributed by atoms with Crippen LogP contribution in [0.15, 0.2) is 61.1 Å². The van der Waals surface area contributed by atoms with E-state index in [9.17, 15) is 8.78 Å². The van der Waals surface area contributed by atoms with Crippen LogP contribution in [0.4, 0.5) is 20.3 Å². The van der Waals surface area contributed by atoms with Crippen LogP contribution in [0.5, 0.6) is 0 Å². The molecule has 6 nitrogen and oxygen atoms in total. The molecule has 2 aromatic carbocycles. The van der Waals surface area contributed by atoms with E-state index in [1.165, 1.54) is 18.2 Å². The molecule has 0 radical (unpaired) electrons. The highest BCUT2D eigenvalue weighted by molar-refractivity contribution is 7.80. The van der Waals surface area contributed by atoms with Gasteiger partial charge in [0.15, 0.2) is 10.9 Å². The Labute approximate surface area is 197 Å². The van der Waals surface area contributed by atoms with E-state index < -0.39 is 11.6 Å². The van der Waals surface area contributed by atoms with Gasteiger partial charge in [0.05, 0.1) is 25.0 Å². The first-order valence-electron chi connectivity index (χ1n) is 9.38. The zero-order valence-corrected chi connectivity index (χ0v) is 18.7. The smallest absolute Gasteiger partial charge is 0.176 e. The quantitative estimate of drug-likeness (QED) is 0.344. The Kier molecular flexibility index (Phi) is 6.69. The predicted octanol–water partition coefficient (Wildman–Crippen LogP) is 5.57. The summed E-state index contributed by atoms with van der Waals surface area (Å²) in [5.74, 6) is -0.295. The van der Waals surface area contributed by atoms with E-state index in [2.05, 4.69) is 20.8 Å². The van der Waals surface area contributed by atoms with Crippen molar-refractivity contribution in [2.45, 2.75) is 13.1 Å². The Morgan fingerprint density at radius 2 is 1.84 bits per heavy atom. The molecule has 0 fully saturated rings. The summed E-state index contributed by atoms with van der Waals surface area (Å²) >= 11 is 17.5. The Morgan fingerprint density at radius 3 is 2.62 bits per heavy atom. The van der Waals surface area contributed by atoms with E-state index >= 15 is 0 Å². The number of anilines is 2. The van der Waals surface area contributed by atoms with Crippen LogP contribution >= 0.6 is 35.4 Å². The Balaban J connectivity index is 1.34. The molecule has 32 heavy (non-hydrogen) atoms. The van der Waals surface area contributed by atoms with Gasteiger partial charge in [0, 0.05) is 34.1 Å². The summed E-state index contributed by atoms with van der Waals surface area (Å²) in [4.78, 5) is 0. The minimum atomic E-state index is -0.391. The van der Waals surface area contributed by atoms with Crippen LogP contribution in [0.3, 0.4) is 0 Å². The van der Waals surface area contributed by atoms with E-state index in [1.807, 2.05) is 0 Å². The fraction of sp³-hybridized carbons (Fsp3) is 0.0952. The van der Waals surface area contributed by atoms with Crippen molar-refractivity contribution in [2.75, 3.05) is 10.6 Å². The number of nitrogens with one attached hydrogen (secondary N) is 2. The largest absolute Gasteiger partial charge is 0.330 e. The Bertz CT molecular complexity index is 1250. The van der Waals surface area contributed by atoms with Crippen molar-refractivity contribution in [1.29, 1.82) is 0 Å². The van der Waals surface area contributed by atoms with Gasteiger partial charge in [-0.2, -0.15) is 10.2 Å². The third-order valence-electron chi connectivity index (χ3n) is 4.50. The molecule has 0 aliphatic carbocycles. The summed E-state index contributed by atoms with van der Waals surface area (Å²) in [6.07, 6.45) is 5.04. The molecule has 0 aliphatic heterocycles. The van der Waals surface area contributed by atoms with Crippen LogP contribution in [0.2, 0.25) is 10.0 Å². The lowest BCUT2D eigenvalue weighted by Gasteiger charge is -2.08. The zero-order chi connectivity index (χ0) is 22.7. The summed E-state index contributed by atoms with van der Waals surface area (Å²) in [6, 6.07) is 10.5. The molecular formula is C21H16Cl2F2N6S. The van der Waals surface area contributed by atoms with E-state index in [1.54, 1.807) is 52.2 Å². The number of rotatable bonds is 6. The second-order valence-electron chi connectivity index (χ2n) is 6.84. The molecule has 164 valence electrons. The van der Waals surface area contributed by atoms with E-state index in [0.29, 0.717) is 38.8 Å². The molecular weight excluding hydrogens is 477 g/mol. The van der Waals surface area contributed by atoms with Gasteiger partial charge >= 0.3 is 0 Å². The van der Waals surface area contributed by atoms with Crippen molar-refractivity contribution in [3.05, 3.63) is 93.9 Å². The second kappa shape index (κ2) is 9.64. The molecule has 2 heterocycles. The minimum Gasteiger partial charge on any atom is -0.330 e. The van der Waals surface area contributed by atoms with E-state index in [4.69, 9.17) is 35.4 Å². The first-order chi connectivity index (χ1) is 15.4. The Hall–Kier alpha value is -3.01. The lowest BCUT2D eigenvalue weighted by Crippen LogP contribution is -2.19. The summed E-state index contributed by atoms with van der Waals surface area (Å²) in [6.45, 7) is 0.566. The summed E-state index contributed by atoms with van der Waals surface area (Å²) in [5, 5.41) is 15.5. The third kappa shape index (κ3) is 5.42. The highest BCUT2D eigenvalue weighted by atomic mass is 35.5. The molecule has 0 aliphatic rings. The number of thiocarbonyl (C=S) groups is 1. The number of halogens is 4. The van der Waals surface area contributed by atoms with Gasteiger partial charge < -0.3 is 10.6 Å². The predicted molar refractivity (Wildman–Crippen MR) is 125 cm³/mol. The highest BCUT2D eigenvalue weighted by Crippen LogP contribution is 2.21. The minimum absolute atomic E-state index is 0.187. The number of aromatic nitrogens is 4. The van der Waals surface area contributed by atoms with Gasteiger partial charge in [0.1, 0.15) is 11.6 Å². The van der Waals surface area contributed by atoms with Crippen LogP contribution in [0, 0.1) is 11.6 Å². The average Bonchev–Trinajstić information content (AvgIpc) is 3.36. The summed E-state index contributed by atoms with van der Waals surface area (Å²) in [5.41, 5.74) is 1.75. The average molecular weight is 493 g/mol. The molecule has 0 unspecified atom stereocenters. The fourth-order valence-electron chi connectivity index (χ4n) is 2.98. The lowest BCUT2D eigenvalue weighted by molar-refractivity contribution is 0.586. The second-order valence-corrected chi connectivity index (χ2v) is 8.06. The van der Waals surface area contributed by atoms with Crippen molar-refractivity contribution < 1.29 is 8.78 Å². The monoisotopic (exact) mass is 492 g/mol. The first kappa shape index (κ1) is 22.2. The van der Waals surface area contributed by atoms with Gasteiger partial charge in [0.2, 0.25) is 0 Å². The van der Waals surface area contributed by atoms with Crippen LogP contribution in [0.25, 0.3) is 0 Å². The molecule has 0 amide bonds. The molecule has 0 bridgehead atoms. The zero-order valence-electron chi connectivity index (χ0n) is 16.4. The molecule has 0 spiro atoms. The van der Waals surface area contributed by atoms with Crippen molar-refractivity contribution in [2.24, 2.45) is 0 Å². The molecule has 2 aromatic heterocycles. The van der Waals surface area contributed by atoms with Crippen molar-refractivity contribution >= 4 is 52.0 Å². The van der Waals surface area contributed by atoms with Crippen molar-refractivity contribution in [3.63, 3.8) is 0 Å². The molecule has 2 N–H and O–H groups in total. The molecule has 11 heteroatoms. The van der Waals surface area contributed by atoms with E-state index in [-0.39, 0.29) is 6.54 Å². The van der Waals surface area contributed by atoms with Gasteiger partial charge in [-0.05, 0) is 42.0 Å². The van der Waals surface area contributed by atoms with Gasteiger partial charge in [-0.25, -0.2) is 8.78 Å². The SMILES string of the molecule is Fc1ccc(Cn2cc(NC(=S)Nc3ccn(Cc4c(F)cccc4Cl)n3)cn2)c(Cl)c1. The fourth-order valence-corrected chi connectivity index (χ4v) is 3.65. The number of hydrogen-bond donors (Lipinski definition) is 2. The molecule has 4 rings (SSSR count). The van der Waals surface area contributed by atoms with Crippen LogP contribution in [-0.4, -0.2) is 24.7 Å².